The fraction of sp³-hybridized carbons (Fsp3) is 0.308. The van der Waals surface area contributed by atoms with E-state index < -0.39 is 6.03 Å². The molecular weight excluding hydrogens is 250 g/mol. The molecule has 0 aliphatic rings. The average molecular weight is 266 g/mol. The molecule has 4 nitrogen and oxygen atoms in total. The van der Waals surface area contributed by atoms with Gasteiger partial charge in [-0.05, 0) is 29.7 Å². The number of primary amides is 1. The van der Waals surface area contributed by atoms with Crippen LogP contribution < -0.4 is 11.1 Å². The molecule has 1 heterocycles. The minimum Gasteiger partial charge on any atom is -0.357 e. The zero-order valence-electron chi connectivity index (χ0n) is 10.4. The summed E-state index contributed by atoms with van der Waals surface area (Å²) in [6, 6.07) is 5.42. The van der Waals surface area contributed by atoms with Gasteiger partial charge in [-0.15, -0.1) is 0 Å². The first kappa shape index (κ1) is 12.8. The summed E-state index contributed by atoms with van der Waals surface area (Å²) in [7, 11) is 0. The van der Waals surface area contributed by atoms with Crippen LogP contribution in [-0.4, -0.2) is 11.0 Å². The number of carbonyl (C=O) groups is 1. The van der Waals surface area contributed by atoms with Crippen molar-refractivity contribution in [2.24, 2.45) is 5.73 Å². The summed E-state index contributed by atoms with van der Waals surface area (Å²) in [5.41, 5.74) is 8.07. The maximum atomic E-state index is 10.7. The van der Waals surface area contributed by atoms with E-state index in [1.807, 2.05) is 12.1 Å². The summed E-state index contributed by atoms with van der Waals surface area (Å²) in [5.74, 6) is 0.373. The number of amides is 2. The lowest BCUT2D eigenvalue weighted by Crippen LogP contribution is -2.28. The molecule has 0 unspecified atom stereocenters. The standard InChI is InChI=1S/C13H16ClN3O/c1-7(2)10-5-12-8(4-11(10)14)3-9(17-12)6-16-13(15)18/h3-5,7,17H,6H2,1-2H3,(H3,15,16,18). The molecule has 1 aromatic carbocycles. The number of carbonyl (C=O) groups excluding carboxylic acids is 1. The maximum Gasteiger partial charge on any atom is 0.312 e. The molecular formula is C13H16ClN3O. The van der Waals surface area contributed by atoms with E-state index >= 15 is 0 Å². The molecule has 2 aromatic rings. The number of fused-ring (bicyclic) bond motifs is 1. The second kappa shape index (κ2) is 4.90. The van der Waals surface area contributed by atoms with Gasteiger partial charge in [0.2, 0.25) is 0 Å². The largest absolute Gasteiger partial charge is 0.357 e. The number of nitrogens with two attached hydrogens (primary N) is 1. The van der Waals surface area contributed by atoms with Gasteiger partial charge in [0.05, 0.1) is 6.54 Å². The van der Waals surface area contributed by atoms with Crippen molar-refractivity contribution < 1.29 is 4.79 Å². The van der Waals surface area contributed by atoms with Crippen molar-refractivity contribution in [3.05, 3.63) is 34.5 Å². The highest BCUT2D eigenvalue weighted by Crippen LogP contribution is 2.29. The van der Waals surface area contributed by atoms with Crippen LogP contribution in [-0.2, 0) is 6.54 Å². The molecule has 5 heteroatoms. The molecule has 0 aliphatic carbocycles. The van der Waals surface area contributed by atoms with Gasteiger partial charge in [0.1, 0.15) is 0 Å². The first-order valence-electron chi connectivity index (χ1n) is 5.81. The van der Waals surface area contributed by atoms with E-state index in [9.17, 15) is 4.79 Å². The van der Waals surface area contributed by atoms with Crippen molar-refractivity contribution in [3.63, 3.8) is 0 Å². The second-order valence-corrected chi connectivity index (χ2v) is 5.04. The van der Waals surface area contributed by atoms with Crippen LogP contribution in [0.2, 0.25) is 5.02 Å². The van der Waals surface area contributed by atoms with Gasteiger partial charge in [-0.25, -0.2) is 4.79 Å². The Balaban J connectivity index is 2.36. The van der Waals surface area contributed by atoms with Gasteiger partial charge < -0.3 is 16.0 Å². The monoisotopic (exact) mass is 265 g/mol. The summed E-state index contributed by atoms with van der Waals surface area (Å²) in [5, 5.41) is 4.35. The molecule has 0 fully saturated rings. The Labute approximate surface area is 111 Å². The first-order chi connectivity index (χ1) is 8.47. The van der Waals surface area contributed by atoms with E-state index in [4.69, 9.17) is 17.3 Å². The van der Waals surface area contributed by atoms with Crippen molar-refractivity contribution >= 4 is 28.5 Å². The molecule has 0 radical (unpaired) electrons. The van der Waals surface area contributed by atoms with Crippen LogP contribution in [0.3, 0.4) is 0 Å². The SMILES string of the molecule is CC(C)c1cc2[nH]c(CNC(N)=O)cc2cc1Cl. The third-order valence-electron chi connectivity index (χ3n) is 2.87. The molecule has 1 aromatic heterocycles. The van der Waals surface area contributed by atoms with E-state index in [0.717, 1.165) is 27.2 Å². The molecule has 96 valence electrons. The van der Waals surface area contributed by atoms with E-state index in [0.29, 0.717) is 12.5 Å². The number of H-pyrrole nitrogens is 1. The second-order valence-electron chi connectivity index (χ2n) is 4.63. The molecule has 0 saturated heterocycles. The van der Waals surface area contributed by atoms with E-state index in [2.05, 4.69) is 30.2 Å². The Bertz CT molecular complexity index is 589. The normalized spacial score (nSPS) is 11.1. The van der Waals surface area contributed by atoms with Gasteiger partial charge in [0.15, 0.2) is 0 Å². The highest BCUT2D eigenvalue weighted by atomic mass is 35.5. The van der Waals surface area contributed by atoms with Crippen molar-refractivity contribution in [1.29, 1.82) is 0 Å². The lowest BCUT2D eigenvalue weighted by molar-refractivity contribution is 0.248. The van der Waals surface area contributed by atoms with Gasteiger partial charge in [-0.1, -0.05) is 25.4 Å². The van der Waals surface area contributed by atoms with Crippen LogP contribution in [0.15, 0.2) is 18.2 Å². The van der Waals surface area contributed by atoms with E-state index in [1.165, 1.54) is 0 Å². The van der Waals surface area contributed by atoms with Crippen molar-refractivity contribution in [1.82, 2.24) is 10.3 Å². The molecule has 2 rings (SSSR count). The smallest absolute Gasteiger partial charge is 0.312 e. The molecule has 2 amide bonds. The average Bonchev–Trinajstić information content (AvgIpc) is 2.66. The van der Waals surface area contributed by atoms with Crippen LogP contribution in [0.5, 0.6) is 0 Å². The van der Waals surface area contributed by atoms with Crippen LogP contribution in [0.4, 0.5) is 4.79 Å². The Kier molecular flexibility index (Phi) is 3.48. The zero-order valence-corrected chi connectivity index (χ0v) is 11.1. The quantitative estimate of drug-likeness (QED) is 0.784. The van der Waals surface area contributed by atoms with Crippen molar-refractivity contribution in [3.8, 4) is 0 Å². The lowest BCUT2D eigenvalue weighted by Gasteiger charge is -2.07. The molecule has 0 spiro atoms. The number of aromatic nitrogens is 1. The third-order valence-corrected chi connectivity index (χ3v) is 3.20. The minimum absolute atomic E-state index is 0.373. The molecule has 0 aliphatic heterocycles. The molecule has 4 N–H and O–H groups in total. The Morgan fingerprint density at radius 2 is 2.17 bits per heavy atom. The summed E-state index contributed by atoms with van der Waals surface area (Å²) in [6.07, 6.45) is 0. The highest BCUT2D eigenvalue weighted by molar-refractivity contribution is 6.32. The summed E-state index contributed by atoms with van der Waals surface area (Å²) in [6.45, 7) is 4.59. The summed E-state index contributed by atoms with van der Waals surface area (Å²) < 4.78 is 0. The molecule has 0 saturated carbocycles. The third kappa shape index (κ3) is 2.59. The fourth-order valence-electron chi connectivity index (χ4n) is 1.95. The Hall–Kier alpha value is -1.68. The van der Waals surface area contributed by atoms with Crippen LogP contribution in [0.1, 0.15) is 31.0 Å². The maximum absolute atomic E-state index is 10.7. The molecule has 0 bridgehead atoms. The number of nitrogens with one attached hydrogen (secondary N) is 2. The number of hydrogen-bond donors (Lipinski definition) is 3. The topological polar surface area (TPSA) is 70.9 Å². The van der Waals surface area contributed by atoms with E-state index in [-0.39, 0.29) is 0 Å². The zero-order chi connectivity index (χ0) is 13.3. The van der Waals surface area contributed by atoms with Gasteiger partial charge in [0, 0.05) is 21.6 Å². The number of aromatic amines is 1. The van der Waals surface area contributed by atoms with Crippen molar-refractivity contribution in [2.75, 3.05) is 0 Å². The number of benzene rings is 1. The number of urea groups is 1. The van der Waals surface area contributed by atoms with Crippen LogP contribution in [0.25, 0.3) is 10.9 Å². The number of rotatable bonds is 3. The fourth-order valence-corrected chi connectivity index (χ4v) is 2.34. The lowest BCUT2D eigenvalue weighted by atomic mass is 10.0. The molecule has 18 heavy (non-hydrogen) atoms. The van der Waals surface area contributed by atoms with Gasteiger partial charge in [0.25, 0.3) is 0 Å². The highest BCUT2D eigenvalue weighted by Gasteiger charge is 2.09. The first-order valence-corrected chi connectivity index (χ1v) is 6.19. The predicted molar refractivity (Wildman–Crippen MR) is 73.8 cm³/mol. The van der Waals surface area contributed by atoms with Gasteiger partial charge in [-0.2, -0.15) is 0 Å². The Morgan fingerprint density at radius 1 is 1.44 bits per heavy atom. The summed E-state index contributed by atoms with van der Waals surface area (Å²) >= 11 is 6.23. The number of halogens is 1. The molecule has 0 atom stereocenters. The summed E-state index contributed by atoms with van der Waals surface area (Å²) in [4.78, 5) is 13.9. The number of hydrogen-bond acceptors (Lipinski definition) is 1. The van der Waals surface area contributed by atoms with Crippen molar-refractivity contribution in [2.45, 2.75) is 26.3 Å². The van der Waals surface area contributed by atoms with E-state index in [1.54, 1.807) is 0 Å². The van der Waals surface area contributed by atoms with Gasteiger partial charge in [-0.3, -0.25) is 0 Å². The van der Waals surface area contributed by atoms with Crippen LogP contribution >= 0.6 is 11.6 Å². The van der Waals surface area contributed by atoms with Crippen LogP contribution in [0, 0.1) is 0 Å². The van der Waals surface area contributed by atoms with Gasteiger partial charge >= 0.3 is 6.03 Å². The predicted octanol–water partition coefficient (Wildman–Crippen LogP) is 3.11. The minimum atomic E-state index is -0.533. The Morgan fingerprint density at radius 3 is 2.78 bits per heavy atom.